The van der Waals surface area contributed by atoms with Gasteiger partial charge in [0.1, 0.15) is 0 Å². The van der Waals surface area contributed by atoms with E-state index >= 15 is 0 Å². The molecule has 0 unspecified atom stereocenters. The minimum atomic E-state index is -3.52. The monoisotopic (exact) mass is 370 g/mol. The Morgan fingerprint density at radius 2 is 1.73 bits per heavy atom. The van der Waals surface area contributed by atoms with Crippen LogP contribution in [0.1, 0.15) is 25.3 Å². The van der Waals surface area contributed by atoms with Gasteiger partial charge in [0, 0.05) is 30.7 Å². The largest absolute Gasteiger partial charge is 0.271 e. The third-order valence-electron chi connectivity index (χ3n) is 4.11. The second kappa shape index (κ2) is 7.80. The highest BCUT2D eigenvalue weighted by Gasteiger charge is 2.13. The summed E-state index contributed by atoms with van der Waals surface area (Å²) in [5.41, 5.74) is 2.92. The molecule has 1 N–H and O–H groups in total. The van der Waals surface area contributed by atoms with Crippen LogP contribution in [0.2, 0.25) is 0 Å². The maximum Gasteiger partial charge on any atom is 0.240 e. The first-order chi connectivity index (χ1) is 12.5. The molecule has 0 radical (unpaired) electrons. The number of benzene rings is 1. The van der Waals surface area contributed by atoms with E-state index in [1.165, 1.54) is 0 Å². The number of hydrogen-bond acceptors (Lipinski definition) is 4. The third kappa shape index (κ3) is 4.36. The fraction of sp³-hybridized carbons (Fsp3) is 0.263. The van der Waals surface area contributed by atoms with Crippen LogP contribution >= 0.6 is 0 Å². The predicted molar refractivity (Wildman–Crippen MR) is 101 cm³/mol. The molecule has 0 aliphatic rings. The van der Waals surface area contributed by atoms with Crippen LogP contribution in [0.15, 0.2) is 66.0 Å². The first-order valence-electron chi connectivity index (χ1n) is 8.49. The van der Waals surface area contributed by atoms with Crippen molar-refractivity contribution >= 4 is 10.0 Å². The van der Waals surface area contributed by atoms with Crippen LogP contribution in [-0.2, 0) is 16.6 Å². The van der Waals surface area contributed by atoms with Crippen molar-refractivity contribution in [2.75, 3.05) is 6.54 Å². The van der Waals surface area contributed by atoms with E-state index in [1.54, 1.807) is 29.2 Å². The Balaban J connectivity index is 1.59. The molecule has 0 bridgehead atoms. The minimum Gasteiger partial charge on any atom is -0.271 e. The molecule has 0 fully saturated rings. The van der Waals surface area contributed by atoms with Crippen LogP contribution in [0.3, 0.4) is 0 Å². The van der Waals surface area contributed by atoms with Gasteiger partial charge >= 0.3 is 0 Å². The van der Waals surface area contributed by atoms with E-state index in [1.807, 2.05) is 36.5 Å². The molecule has 0 aliphatic carbocycles. The van der Waals surface area contributed by atoms with Crippen molar-refractivity contribution in [2.45, 2.75) is 31.2 Å². The zero-order valence-electron chi connectivity index (χ0n) is 14.8. The van der Waals surface area contributed by atoms with Crippen LogP contribution in [0.4, 0.5) is 0 Å². The van der Waals surface area contributed by atoms with Gasteiger partial charge in [-0.3, -0.25) is 9.67 Å². The van der Waals surface area contributed by atoms with E-state index in [4.69, 9.17) is 0 Å². The van der Waals surface area contributed by atoms with Gasteiger partial charge in [-0.1, -0.05) is 26.0 Å². The molecule has 6 nitrogen and oxygen atoms in total. The number of hydrogen-bond donors (Lipinski definition) is 1. The number of aromatic nitrogens is 3. The molecule has 0 atom stereocenters. The van der Waals surface area contributed by atoms with Crippen LogP contribution < -0.4 is 4.72 Å². The summed E-state index contributed by atoms with van der Waals surface area (Å²) in [5, 5.41) is 4.46. The molecule has 0 saturated carbocycles. The standard InChI is InChI=1S/C19H22N4O2S/c1-15(2)16-3-5-18(6-4-16)26(24,25)21-12-14-23-13-9-19(22-23)17-7-10-20-11-8-17/h3-11,13,15,21H,12,14H2,1-2H3. The van der Waals surface area contributed by atoms with Gasteiger partial charge in [0.05, 0.1) is 17.1 Å². The number of sulfonamides is 1. The smallest absolute Gasteiger partial charge is 0.240 e. The van der Waals surface area contributed by atoms with Gasteiger partial charge in [-0.25, -0.2) is 13.1 Å². The number of rotatable bonds is 7. The van der Waals surface area contributed by atoms with Gasteiger partial charge in [-0.15, -0.1) is 0 Å². The third-order valence-corrected chi connectivity index (χ3v) is 5.58. The summed E-state index contributed by atoms with van der Waals surface area (Å²) in [6.07, 6.45) is 5.27. The second-order valence-corrected chi connectivity index (χ2v) is 8.09. The summed E-state index contributed by atoms with van der Waals surface area (Å²) in [4.78, 5) is 4.26. The quantitative estimate of drug-likeness (QED) is 0.693. The van der Waals surface area contributed by atoms with E-state index in [2.05, 4.69) is 28.7 Å². The van der Waals surface area contributed by atoms with Crippen molar-refractivity contribution in [3.8, 4) is 11.3 Å². The predicted octanol–water partition coefficient (Wildman–Crippen LogP) is 3.05. The Kier molecular flexibility index (Phi) is 5.49. The molecule has 0 aliphatic heterocycles. The normalized spacial score (nSPS) is 11.8. The minimum absolute atomic E-state index is 0.270. The van der Waals surface area contributed by atoms with Gasteiger partial charge < -0.3 is 0 Å². The molecular weight excluding hydrogens is 348 g/mol. The highest BCUT2D eigenvalue weighted by Crippen LogP contribution is 2.17. The van der Waals surface area contributed by atoms with Gasteiger partial charge in [0.15, 0.2) is 0 Å². The van der Waals surface area contributed by atoms with E-state index in [0.29, 0.717) is 12.5 Å². The lowest BCUT2D eigenvalue weighted by Gasteiger charge is -2.09. The van der Waals surface area contributed by atoms with Crippen molar-refractivity contribution in [1.29, 1.82) is 0 Å². The van der Waals surface area contributed by atoms with Crippen LogP contribution in [0.25, 0.3) is 11.3 Å². The van der Waals surface area contributed by atoms with Crippen molar-refractivity contribution in [2.24, 2.45) is 0 Å². The molecule has 7 heteroatoms. The molecule has 2 aromatic heterocycles. The molecule has 3 rings (SSSR count). The molecule has 0 amide bonds. The Morgan fingerprint density at radius 1 is 1.04 bits per heavy atom. The maximum absolute atomic E-state index is 12.4. The zero-order valence-corrected chi connectivity index (χ0v) is 15.6. The highest BCUT2D eigenvalue weighted by molar-refractivity contribution is 7.89. The zero-order chi connectivity index (χ0) is 18.6. The van der Waals surface area contributed by atoms with Crippen LogP contribution in [0.5, 0.6) is 0 Å². The summed E-state index contributed by atoms with van der Waals surface area (Å²) >= 11 is 0. The van der Waals surface area contributed by atoms with Crippen LogP contribution in [0, 0.1) is 0 Å². The van der Waals surface area contributed by atoms with E-state index in [9.17, 15) is 8.42 Å². The van der Waals surface area contributed by atoms with Crippen molar-refractivity contribution in [3.05, 3.63) is 66.6 Å². The van der Waals surface area contributed by atoms with Gasteiger partial charge in [-0.2, -0.15) is 5.10 Å². The summed E-state index contributed by atoms with van der Waals surface area (Å²) < 4.78 is 29.1. The lowest BCUT2D eigenvalue weighted by molar-refractivity contribution is 0.561. The fourth-order valence-corrected chi connectivity index (χ4v) is 3.59. The summed E-state index contributed by atoms with van der Waals surface area (Å²) in [6.45, 7) is 4.87. The Labute approximate surface area is 154 Å². The maximum atomic E-state index is 12.4. The second-order valence-electron chi connectivity index (χ2n) is 6.32. The summed E-state index contributed by atoms with van der Waals surface area (Å²) in [7, 11) is -3.52. The van der Waals surface area contributed by atoms with Crippen molar-refractivity contribution in [1.82, 2.24) is 19.5 Å². The lowest BCUT2D eigenvalue weighted by Crippen LogP contribution is -2.27. The number of nitrogens with one attached hydrogen (secondary N) is 1. The van der Waals surface area contributed by atoms with Gasteiger partial charge in [-0.05, 0) is 41.8 Å². The van der Waals surface area contributed by atoms with Crippen LogP contribution in [-0.4, -0.2) is 29.7 Å². The Morgan fingerprint density at radius 3 is 2.38 bits per heavy atom. The summed E-state index contributed by atoms with van der Waals surface area (Å²) in [5.74, 6) is 0.370. The number of pyridine rings is 1. The van der Waals surface area contributed by atoms with E-state index in [-0.39, 0.29) is 11.4 Å². The molecular formula is C19H22N4O2S. The molecule has 0 saturated heterocycles. The Hall–Kier alpha value is -2.51. The topological polar surface area (TPSA) is 76.9 Å². The molecule has 26 heavy (non-hydrogen) atoms. The summed E-state index contributed by atoms with van der Waals surface area (Å²) in [6, 6.07) is 12.7. The van der Waals surface area contributed by atoms with E-state index < -0.39 is 10.0 Å². The first kappa shape index (κ1) is 18.3. The average Bonchev–Trinajstić information content (AvgIpc) is 3.11. The lowest BCUT2D eigenvalue weighted by atomic mass is 10.0. The first-order valence-corrected chi connectivity index (χ1v) is 9.97. The van der Waals surface area contributed by atoms with E-state index in [0.717, 1.165) is 16.8 Å². The molecule has 0 spiro atoms. The number of nitrogens with zero attached hydrogens (tertiary/aromatic N) is 3. The van der Waals surface area contributed by atoms with Crippen molar-refractivity contribution in [3.63, 3.8) is 0 Å². The molecule has 3 aromatic rings. The Bertz CT molecular complexity index is 949. The molecule has 2 heterocycles. The molecule has 1 aromatic carbocycles. The van der Waals surface area contributed by atoms with Crippen molar-refractivity contribution < 1.29 is 8.42 Å². The van der Waals surface area contributed by atoms with Gasteiger partial charge in [0.25, 0.3) is 0 Å². The highest BCUT2D eigenvalue weighted by atomic mass is 32.2. The molecule has 136 valence electrons. The van der Waals surface area contributed by atoms with Gasteiger partial charge in [0.2, 0.25) is 10.0 Å². The SMILES string of the molecule is CC(C)c1ccc(S(=O)(=O)NCCn2ccc(-c3ccncc3)n2)cc1. The average molecular weight is 370 g/mol. The fourth-order valence-electron chi connectivity index (χ4n) is 2.57.